The lowest BCUT2D eigenvalue weighted by atomic mass is 10.1. The molecule has 0 rings (SSSR count). The second-order valence-electron chi connectivity index (χ2n) is 6.10. The third-order valence-corrected chi connectivity index (χ3v) is 3.65. The highest BCUT2D eigenvalue weighted by molar-refractivity contribution is 5.86. The first-order valence-electron chi connectivity index (χ1n) is 9.12. The number of guanidine groups is 1. The number of nitrogens with two attached hydrogens (primary N) is 3. The summed E-state index contributed by atoms with van der Waals surface area (Å²) >= 11 is 0. The van der Waals surface area contributed by atoms with Gasteiger partial charge in [-0.05, 0) is 57.6 Å². The first-order valence-corrected chi connectivity index (χ1v) is 9.12. The fraction of sp³-hybridized carbons (Fsp3) is 0.706. The van der Waals surface area contributed by atoms with E-state index in [2.05, 4.69) is 15.0 Å². The molecule has 0 saturated heterocycles. The Kier molecular flexibility index (Phi) is 14.5. The van der Waals surface area contributed by atoms with Crippen LogP contribution in [0.1, 0.15) is 51.4 Å². The molecule has 0 saturated carbocycles. The number of nitrogens with zero attached hydrogens (tertiary/aromatic N) is 3. The summed E-state index contributed by atoms with van der Waals surface area (Å²) in [7, 11) is 0. The van der Waals surface area contributed by atoms with Crippen molar-refractivity contribution in [2.45, 2.75) is 63.5 Å². The van der Waals surface area contributed by atoms with E-state index in [4.69, 9.17) is 27.4 Å². The van der Waals surface area contributed by atoms with E-state index in [1.165, 1.54) is 0 Å². The number of rotatable bonds is 15. The molecule has 0 radical (unpaired) electrons. The van der Waals surface area contributed by atoms with Gasteiger partial charge in [-0.3, -0.25) is 19.6 Å². The molecule has 0 heterocycles. The van der Waals surface area contributed by atoms with Crippen molar-refractivity contribution in [3.63, 3.8) is 0 Å². The largest absolute Gasteiger partial charge is 0.480 e. The van der Waals surface area contributed by atoms with Crippen molar-refractivity contribution in [2.24, 2.45) is 32.2 Å². The highest BCUT2D eigenvalue weighted by Crippen LogP contribution is 2.00. The maximum absolute atomic E-state index is 10.5. The molecule has 0 aliphatic rings. The number of aliphatic imine (C=N–C) groups is 3. The lowest BCUT2D eigenvalue weighted by molar-refractivity contribution is -0.139. The van der Waals surface area contributed by atoms with Crippen molar-refractivity contribution in [3.05, 3.63) is 0 Å². The second kappa shape index (κ2) is 15.9. The van der Waals surface area contributed by atoms with Crippen molar-refractivity contribution in [2.75, 3.05) is 13.1 Å². The van der Waals surface area contributed by atoms with E-state index in [1.54, 1.807) is 6.21 Å². The number of carbonyl (C=O) groups is 2. The van der Waals surface area contributed by atoms with Crippen LogP contribution in [-0.4, -0.2) is 65.7 Å². The lowest BCUT2D eigenvalue weighted by Gasteiger charge is -2.04. The van der Waals surface area contributed by atoms with Gasteiger partial charge < -0.3 is 27.4 Å². The molecule has 154 valence electrons. The van der Waals surface area contributed by atoms with Crippen LogP contribution in [0.15, 0.2) is 15.0 Å². The quantitative estimate of drug-likeness (QED) is 0.153. The van der Waals surface area contributed by atoms with Gasteiger partial charge in [-0.1, -0.05) is 0 Å². The Bertz CT molecular complexity index is 522. The Morgan fingerprint density at radius 1 is 0.852 bits per heavy atom. The third kappa shape index (κ3) is 15.6. The summed E-state index contributed by atoms with van der Waals surface area (Å²) < 4.78 is 0. The van der Waals surface area contributed by atoms with Gasteiger partial charge in [0.05, 0.1) is 0 Å². The van der Waals surface area contributed by atoms with Crippen LogP contribution in [0.2, 0.25) is 0 Å². The van der Waals surface area contributed by atoms with Gasteiger partial charge in [0.15, 0.2) is 0 Å². The minimum atomic E-state index is -1.02. The van der Waals surface area contributed by atoms with E-state index in [0.29, 0.717) is 32.4 Å². The van der Waals surface area contributed by atoms with Crippen LogP contribution in [0.25, 0.3) is 0 Å². The van der Waals surface area contributed by atoms with Crippen molar-refractivity contribution < 1.29 is 19.8 Å². The highest BCUT2D eigenvalue weighted by atomic mass is 16.4. The molecule has 10 heteroatoms. The molecule has 0 unspecified atom stereocenters. The van der Waals surface area contributed by atoms with Crippen LogP contribution in [0.4, 0.5) is 0 Å². The second-order valence-corrected chi connectivity index (χ2v) is 6.10. The van der Waals surface area contributed by atoms with Gasteiger partial charge in [-0.25, -0.2) is 4.99 Å². The van der Waals surface area contributed by atoms with Crippen LogP contribution >= 0.6 is 0 Å². The Balaban J connectivity index is 3.63. The fourth-order valence-electron chi connectivity index (χ4n) is 2.00. The molecular formula is C17H32N6O4. The number of hydrogen-bond acceptors (Lipinski definition) is 6. The Hall–Kier alpha value is -2.33. The standard InChI is InChI=1S/C17H32N6O4/c18-13(15(24)25)7-2-5-10-21-9-3-1-4-11-22-17(20)23-12-6-8-14(19)16(26)27/h9,11,13-14H,1-8,10,12,18-19H2,(H2,20,23)(H,24,25)(H,26,27)/t13-,14-/m0/s1. The summed E-state index contributed by atoms with van der Waals surface area (Å²) in [6.45, 7) is 1.07. The third-order valence-electron chi connectivity index (χ3n) is 3.65. The van der Waals surface area contributed by atoms with Gasteiger partial charge in [0, 0.05) is 19.3 Å². The van der Waals surface area contributed by atoms with Crippen molar-refractivity contribution >= 4 is 30.3 Å². The first kappa shape index (κ1) is 24.7. The summed E-state index contributed by atoms with van der Waals surface area (Å²) in [5.41, 5.74) is 16.4. The number of unbranched alkanes of at least 4 members (excludes halogenated alkanes) is 3. The zero-order chi connectivity index (χ0) is 20.5. The maximum atomic E-state index is 10.5. The fourth-order valence-corrected chi connectivity index (χ4v) is 2.00. The van der Waals surface area contributed by atoms with Crippen molar-refractivity contribution in [1.82, 2.24) is 0 Å². The summed E-state index contributed by atoms with van der Waals surface area (Å²) in [6, 6.07) is -1.65. The number of carboxylic acids is 2. The van der Waals surface area contributed by atoms with E-state index in [9.17, 15) is 9.59 Å². The molecule has 0 aliphatic heterocycles. The zero-order valence-corrected chi connectivity index (χ0v) is 15.7. The Morgan fingerprint density at radius 3 is 2.07 bits per heavy atom. The minimum absolute atomic E-state index is 0.173. The molecule has 8 N–H and O–H groups in total. The van der Waals surface area contributed by atoms with Crippen LogP contribution in [-0.2, 0) is 9.59 Å². The van der Waals surface area contributed by atoms with E-state index in [1.807, 2.05) is 6.21 Å². The van der Waals surface area contributed by atoms with Gasteiger partial charge in [0.2, 0.25) is 5.96 Å². The van der Waals surface area contributed by atoms with Crippen LogP contribution in [0, 0.1) is 0 Å². The molecule has 2 atom stereocenters. The topological polar surface area (TPSA) is 190 Å². The van der Waals surface area contributed by atoms with Crippen molar-refractivity contribution in [3.8, 4) is 0 Å². The maximum Gasteiger partial charge on any atom is 0.320 e. The molecule has 0 bridgehead atoms. The smallest absolute Gasteiger partial charge is 0.320 e. The number of aliphatic carboxylic acids is 2. The first-order chi connectivity index (χ1) is 12.8. The average molecular weight is 384 g/mol. The minimum Gasteiger partial charge on any atom is -0.480 e. The molecule has 0 aromatic carbocycles. The average Bonchev–Trinajstić information content (AvgIpc) is 2.62. The van der Waals surface area contributed by atoms with Crippen LogP contribution in [0.5, 0.6) is 0 Å². The number of carboxylic acid groups (broad SMARTS) is 2. The van der Waals surface area contributed by atoms with Gasteiger partial charge in [-0.2, -0.15) is 0 Å². The van der Waals surface area contributed by atoms with Gasteiger partial charge in [0.1, 0.15) is 12.1 Å². The molecule has 0 amide bonds. The van der Waals surface area contributed by atoms with E-state index >= 15 is 0 Å². The van der Waals surface area contributed by atoms with E-state index in [0.717, 1.165) is 32.1 Å². The molecular weight excluding hydrogens is 352 g/mol. The van der Waals surface area contributed by atoms with Gasteiger partial charge >= 0.3 is 11.9 Å². The predicted octanol–water partition coefficient (Wildman–Crippen LogP) is 0.387. The van der Waals surface area contributed by atoms with E-state index < -0.39 is 24.0 Å². The highest BCUT2D eigenvalue weighted by Gasteiger charge is 2.10. The Labute approximate surface area is 159 Å². The Morgan fingerprint density at radius 2 is 1.44 bits per heavy atom. The van der Waals surface area contributed by atoms with Crippen molar-refractivity contribution in [1.29, 1.82) is 0 Å². The zero-order valence-electron chi connectivity index (χ0n) is 15.7. The summed E-state index contributed by atoms with van der Waals surface area (Å²) in [6.07, 6.45) is 8.95. The van der Waals surface area contributed by atoms with Crippen LogP contribution < -0.4 is 17.2 Å². The SMILES string of the molecule is NC(N=CCCCC=NCCCC[C@H](N)C(=O)O)=NCCC[C@H](N)C(=O)O. The molecule has 0 aliphatic carbocycles. The predicted molar refractivity (Wildman–Crippen MR) is 106 cm³/mol. The van der Waals surface area contributed by atoms with Gasteiger partial charge in [-0.15, -0.1) is 0 Å². The lowest BCUT2D eigenvalue weighted by Crippen LogP contribution is -2.30. The summed E-state index contributed by atoms with van der Waals surface area (Å²) in [5, 5.41) is 17.3. The number of hydrogen-bond donors (Lipinski definition) is 5. The van der Waals surface area contributed by atoms with E-state index in [-0.39, 0.29) is 5.96 Å². The summed E-state index contributed by atoms with van der Waals surface area (Å²) in [4.78, 5) is 33.4. The molecule has 27 heavy (non-hydrogen) atoms. The van der Waals surface area contributed by atoms with Crippen LogP contribution in [0.3, 0.4) is 0 Å². The van der Waals surface area contributed by atoms with Gasteiger partial charge in [0.25, 0.3) is 0 Å². The molecule has 0 spiro atoms. The molecule has 0 aromatic rings. The monoisotopic (exact) mass is 384 g/mol. The summed E-state index contributed by atoms with van der Waals surface area (Å²) in [5.74, 6) is -1.81. The molecule has 10 nitrogen and oxygen atoms in total. The normalized spacial score (nSPS) is 14.7. The molecule has 0 fully saturated rings. The molecule has 0 aromatic heterocycles.